The van der Waals surface area contributed by atoms with E-state index in [1.807, 2.05) is 66.7 Å². The van der Waals surface area contributed by atoms with E-state index < -0.39 is 14.6 Å². The SMILES string of the molecule is CC(C)(c1cc(-c2cccc(-c3cccc(CC=O)c3)c2)c2ncccc2c1)S(C)(=O)=O. The van der Waals surface area contributed by atoms with Crippen LogP contribution in [0.25, 0.3) is 33.2 Å². The Morgan fingerprint density at radius 2 is 1.56 bits per heavy atom. The van der Waals surface area contributed by atoms with Crippen LogP contribution < -0.4 is 0 Å². The second-order valence-corrected chi connectivity index (χ2v) is 11.1. The molecule has 0 N–H and O–H groups in total. The summed E-state index contributed by atoms with van der Waals surface area (Å²) < 4.78 is 24.0. The molecule has 0 aliphatic carbocycles. The molecule has 0 aliphatic rings. The van der Waals surface area contributed by atoms with Crippen molar-refractivity contribution in [3.63, 3.8) is 0 Å². The van der Waals surface area contributed by atoms with E-state index in [4.69, 9.17) is 0 Å². The summed E-state index contributed by atoms with van der Waals surface area (Å²) in [4.78, 5) is 15.5. The molecule has 4 nitrogen and oxygen atoms in total. The molecule has 0 aliphatic heterocycles. The Labute approximate surface area is 188 Å². The van der Waals surface area contributed by atoms with Crippen molar-refractivity contribution in [2.75, 3.05) is 6.26 Å². The van der Waals surface area contributed by atoms with Gasteiger partial charge < -0.3 is 4.79 Å². The Balaban J connectivity index is 1.91. The number of rotatable bonds is 6. The van der Waals surface area contributed by atoms with Crippen LogP contribution in [0.3, 0.4) is 0 Å². The van der Waals surface area contributed by atoms with Crippen LogP contribution in [0.5, 0.6) is 0 Å². The summed E-state index contributed by atoms with van der Waals surface area (Å²) >= 11 is 0. The summed E-state index contributed by atoms with van der Waals surface area (Å²) in [5.74, 6) is 0. The molecule has 0 bridgehead atoms. The van der Waals surface area contributed by atoms with Crippen molar-refractivity contribution in [3.05, 3.63) is 90.1 Å². The zero-order valence-electron chi connectivity index (χ0n) is 18.4. The zero-order valence-corrected chi connectivity index (χ0v) is 19.2. The maximum atomic E-state index is 12.5. The molecule has 0 saturated heterocycles. The van der Waals surface area contributed by atoms with Crippen molar-refractivity contribution >= 4 is 27.0 Å². The van der Waals surface area contributed by atoms with Crippen LogP contribution in [-0.4, -0.2) is 25.9 Å². The molecule has 1 heterocycles. The number of aromatic nitrogens is 1. The number of pyridine rings is 1. The number of nitrogens with zero attached hydrogens (tertiary/aromatic N) is 1. The third-order valence-corrected chi connectivity index (χ3v) is 8.17. The second kappa shape index (κ2) is 8.32. The fourth-order valence-corrected chi connectivity index (χ4v) is 4.36. The molecule has 0 radical (unpaired) electrons. The molecule has 0 fully saturated rings. The molecule has 32 heavy (non-hydrogen) atoms. The maximum absolute atomic E-state index is 12.5. The lowest BCUT2D eigenvalue weighted by Gasteiger charge is -2.24. The minimum atomic E-state index is -3.33. The number of sulfone groups is 1. The van der Waals surface area contributed by atoms with Gasteiger partial charge in [-0.25, -0.2) is 8.42 Å². The number of aldehydes is 1. The predicted molar refractivity (Wildman–Crippen MR) is 130 cm³/mol. The van der Waals surface area contributed by atoms with Gasteiger partial charge in [-0.05, 0) is 65.9 Å². The van der Waals surface area contributed by atoms with Crippen molar-refractivity contribution in [2.24, 2.45) is 0 Å². The number of fused-ring (bicyclic) bond motifs is 1. The summed E-state index contributed by atoms with van der Waals surface area (Å²) in [5, 5.41) is 0.898. The Morgan fingerprint density at radius 1 is 0.875 bits per heavy atom. The lowest BCUT2D eigenvalue weighted by atomic mass is 9.92. The van der Waals surface area contributed by atoms with Crippen LogP contribution in [0.15, 0.2) is 79.0 Å². The smallest absolute Gasteiger partial charge is 0.156 e. The Hall–Kier alpha value is -3.31. The van der Waals surface area contributed by atoms with E-state index >= 15 is 0 Å². The number of carbonyl (C=O) groups excluding carboxylic acids is 1. The van der Waals surface area contributed by atoms with E-state index in [9.17, 15) is 13.2 Å². The van der Waals surface area contributed by atoms with Crippen LogP contribution in [0, 0.1) is 0 Å². The van der Waals surface area contributed by atoms with Crippen molar-refractivity contribution < 1.29 is 13.2 Å². The highest BCUT2D eigenvalue weighted by molar-refractivity contribution is 7.91. The molecule has 0 saturated carbocycles. The largest absolute Gasteiger partial charge is 0.303 e. The Morgan fingerprint density at radius 3 is 2.28 bits per heavy atom. The van der Waals surface area contributed by atoms with E-state index in [1.54, 1.807) is 20.0 Å². The monoisotopic (exact) mass is 443 g/mol. The molecule has 5 heteroatoms. The quantitative estimate of drug-likeness (QED) is 0.364. The lowest BCUT2D eigenvalue weighted by Crippen LogP contribution is -2.28. The first kappa shape index (κ1) is 21.9. The third-order valence-electron chi connectivity index (χ3n) is 6.08. The van der Waals surface area contributed by atoms with Crippen LogP contribution in [0.4, 0.5) is 0 Å². The molecule has 162 valence electrons. The normalized spacial score (nSPS) is 12.1. The van der Waals surface area contributed by atoms with E-state index in [0.29, 0.717) is 6.42 Å². The van der Waals surface area contributed by atoms with Gasteiger partial charge in [0.2, 0.25) is 0 Å². The van der Waals surface area contributed by atoms with E-state index in [0.717, 1.165) is 50.6 Å². The average molecular weight is 444 g/mol. The molecule has 0 atom stereocenters. The van der Waals surface area contributed by atoms with Gasteiger partial charge in [0, 0.05) is 29.8 Å². The molecule has 0 amide bonds. The summed E-state index contributed by atoms with van der Waals surface area (Å²) in [7, 11) is -3.33. The van der Waals surface area contributed by atoms with Crippen LogP contribution >= 0.6 is 0 Å². The van der Waals surface area contributed by atoms with Crippen LogP contribution in [0.2, 0.25) is 0 Å². The molecule has 4 rings (SSSR count). The van der Waals surface area contributed by atoms with Gasteiger partial charge in [0.15, 0.2) is 9.84 Å². The van der Waals surface area contributed by atoms with Crippen LogP contribution in [0.1, 0.15) is 25.0 Å². The minimum Gasteiger partial charge on any atom is -0.303 e. The highest BCUT2D eigenvalue weighted by atomic mass is 32.2. The van der Waals surface area contributed by atoms with Crippen LogP contribution in [-0.2, 0) is 25.8 Å². The molecule has 0 spiro atoms. The van der Waals surface area contributed by atoms with E-state index in [2.05, 4.69) is 11.1 Å². The third kappa shape index (κ3) is 4.08. The van der Waals surface area contributed by atoms with Gasteiger partial charge in [-0.2, -0.15) is 0 Å². The molecule has 4 aromatic rings. The van der Waals surface area contributed by atoms with Crippen molar-refractivity contribution in [3.8, 4) is 22.3 Å². The standard InChI is InChI=1S/C27H25NO3S/c1-27(2,32(3,30)31)24-17-23-11-6-13-28-26(23)25(18-24)22-10-5-9-21(16-22)20-8-4-7-19(15-20)12-14-29/h4-11,13-18H,12H2,1-3H3. The average Bonchev–Trinajstić information content (AvgIpc) is 2.78. The molecular formula is C27H25NO3S. The van der Waals surface area contributed by atoms with E-state index in [-0.39, 0.29) is 0 Å². The number of hydrogen-bond donors (Lipinski definition) is 0. The number of hydrogen-bond acceptors (Lipinski definition) is 4. The second-order valence-electron chi connectivity index (χ2n) is 8.53. The molecule has 1 aromatic heterocycles. The van der Waals surface area contributed by atoms with Gasteiger partial charge in [0.25, 0.3) is 0 Å². The van der Waals surface area contributed by atoms with Gasteiger partial charge in [0.05, 0.1) is 10.3 Å². The predicted octanol–water partition coefficient (Wildman–Crippen LogP) is 5.59. The highest BCUT2D eigenvalue weighted by Gasteiger charge is 2.33. The maximum Gasteiger partial charge on any atom is 0.156 e. The number of benzene rings is 3. The molecule has 0 unspecified atom stereocenters. The molecule has 3 aromatic carbocycles. The topological polar surface area (TPSA) is 64.1 Å². The summed E-state index contributed by atoms with van der Waals surface area (Å²) in [6, 6.07) is 23.7. The lowest BCUT2D eigenvalue weighted by molar-refractivity contribution is -0.107. The Kier molecular flexibility index (Phi) is 5.70. The summed E-state index contributed by atoms with van der Waals surface area (Å²) in [6.07, 6.45) is 4.31. The van der Waals surface area contributed by atoms with Gasteiger partial charge in [-0.1, -0.05) is 48.5 Å². The van der Waals surface area contributed by atoms with Gasteiger partial charge >= 0.3 is 0 Å². The van der Waals surface area contributed by atoms with Gasteiger partial charge in [-0.15, -0.1) is 0 Å². The zero-order chi connectivity index (χ0) is 22.9. The van der Waals surface area contributed by atoms with Crippen molar-refractivity contribution in [1.82, 2.24) is 4.98 Å². The highest BCUT2D eigenvalue weighted by Crippen LogP contribution is 2.37. The van der Waals surface area contributed by atoms with Crippen molar-refractivity contribution in [2.45, 2.75) is 25.0 Å². The Bertz CT molecular complexity index is 1420. The first-order chi connectivity index (χ1) is 15.2. The molecular weight excluding hydrogens is 418 g/mol. The fourth-order valence-electron chi connectivity index (χ4n) is 3.81. The van der Waals surface area contributed by atoms with Gasteiger partial charge in [-0.3, -0.25) is 4.98 Å². The minimum absolute atomic E-state index is 0.380. The summed E-state index contributed by atoms with van der Waals surface area (Å²) in [5.41, 5.74) is 6.41. The first-order valence-corrected chi connectivity index (χ1v) is 12.3. The fraction of sp³-hybridized carbons (Fsp3) is 0.185. The summed E-state index contributed by atoms with van der Waals surface area (Å²) in [6.45, 7) is 3.47. The number of carbonyl (C=O) groups is 1. The van der Waals surface area contributed by atoms with Gasteiger partial charge in [0.1, 0.15) is 6.29 Å². The van der Waals surface area contributed by atoms with Crippen molar-refractivity contribution in [1.29, 1.82) is 0 Å². The first-order valence-electron chi connectivity index (χ1n) is 10.4. The van der Waals surface area contributed by atoms with E-state index in [1.165, 1.54) is 6.26 Å².